The fraction of sp³-hybridized carbons (Fsp3) is 0.909. The molecule has 0 aromatic rings. The third-order valence-electron chi connectivity index (χ3n) is 5.77. The van der Waals surface area contributed by atoms with Gasteiger partial charge in [0.25, 0.3) is 0 Å². The van der Waals surface area contributed by atoms with Crippen LogP contribution < -0.4 is 16.4 Å². The smallest absolute Gasteiger partial charge is 0.408 e. The molecule has 3 atom stereocenters. The summed E-state index contributed by atoms with van der Waals surface area (Å²) in [7, 11) is 0. The molecule has 0 spiro atoms. The molecule has 0 aromatic carbocycles. The number of nitrogens with zero attached hydrogens (tertiary/aromatic N) is 1. The molecule has 3 unspecified atom stereocenters. The van der Waals surface area contributed by atoms with Gasteiger partial charge in [0.2, 0.25) is 0 Å². The number of hydrogen-bond acceptors (Lipinski definition) is 6. The first-order chi connectivity index (χ1) is 14.4. The lowest BCUT2D eigenvalue weighted by Gasteiger charge is -2.37. The van der Waals surface area contributed by atoms with Crippen LogP contribution in [0.4, 0.5) is 9.59 Å². The van der Waals surface area contributed by atoms with Crippen molar-refractivity contribution in [2.75, 3.05) is 19.6 Å². The minimum atomic E-state index is -0.570. The Morgan fingerprint density at radius 2 is 1.40 bits per heavy atom. The number of carbonyl (C=O) groups excluding carboxylic acids is 2. The Labute approximate surface area is 182 Å². The van der Waals surface area contributed by atoms with E-state index in [2.05, 4.69) is 24.5 Å². The second-order valence-electron chi connectivity index (χ2n) is 8.33. The van der Waals surface area contributed by atoms with Gasteiger partial charge in [0.05, 0.1) is 0 Å². The number of alkyl carbamates (subject to hydrolysis) is 2. The lowest BCUT2D eigenvalue weighted by molar-refractivity contribution is -0.0963. The van der Waals surface area contributed by atoms with Gasteiger partial charge in [-0.25, -0.2) is 14.5 Å². The van der Waals surface area contributed by atoms with Gasteiger partial charge >= 0.3 is 12.2 Å². The molecular weight excluding hydrogens is 384 g/mol. The summed E-state index contributed by atoms with van der Waals surface area (Å²) in [5.41, 5.74) is 6.53. The van der Waals surface area contributed by atoms with Gasteiger partial charge in [-0.3, -0.25) is 0 Å². The Morgan fingerprint density at radius 1 is 0.933 bits per heavy atom. The predicted octanol–water partition coefficient (Wildman–Crippen LogP) is 3.94. The predicted molar refractivity (Wildman–Crippen MR) is 119 cm³/mol. The van der Waals surface area contributed by atoms with E-state index in [0.29, 0.717) is 25.6 Å². The van der Waals surface area contributed by atoms with Gasteiger partial charge in [0.15, 0.2) is 12.5 Å². The standard InChI is InChI=1S/C22H44N4O4/c1-5-7-14-24-21(27)29-17(3)26(16-20(23)19-12-10-9-11-13-19)18(4)30-22(28)25-15-8-6-2/h17-20H,5-16,23H2,1-4H3,(H,24,27)(H,25,28). The maximum absolute atomic E-state index is 12.1. The molecule has 1 aliphatic carbocycles. The van der Waals surface area contributed by atoms with Gasteiger partial charge in [-0.05, 0) is 45.4 Å². The quantitative estimate of drug-likeness (QED) is 0.303. The summed E-state index contributed by atoms with van der Waals surface area (Å²) in [6.07, 6.45) is 7.63. The minimum Gasteiger partial charge on any atom is -0.430 e. The first-order valence-electron chi connectivity index (χ1n) is 11.8. The van der Waals surface area contributed by atoms with Crippen LogP contribution in [0.15, 0.2) is 0 Å². The SMILES string of the molecule is CCCCNC(=O)OC(C)N(CC(N)C1CCCCC1)C(C)OC(=O)NCCCC. The third-order valence-corrected chi connectivity index (χ3v) is 5.77. The average molecular weight is 429 g/mol. The first kappa shape index (κ1) is 26.5. The van der Waals surface area contributed by atoms with E-state index in [1.54, 1.807) is 13.8 Å². The van der Waals surface area contributed by atoms with E-state index in [1.165, 1.54) is 19.3 Å². The van der Waals surface area contributed by atoms with Gasteiger partial charge in [0.1, 0.15) is 0 Å². The normalized spacial score (nSPS) is 17.8. The number of rotatable bonds is 13. The summed E-state index contributed by atoms with van der Waals surface area (Å²) < 4.78 is 11.1. The van der Waals surface area contributed by atoms with E-state index < -0.39 is 24.6 Å². The lowest BCUT2D eigenvalue weighted by Crippen LogP contribution is -2.53. The van der Waals surface area contributed by atoms with Gasteiger partial charge in [-0.2, -0.15) is 0 Å². The summed E-state index contributed by atoms with van der Waals surface area (Å²) in [5, 5.41) is 5.52. The van der Waals surface area contributed by atoms with Crippen LogP contribution in [0.1, 0.15) is 85.5 Å². The summed E-state index contributed by atoms with van der Waals surface area (Å²) in [4.78, 5) is 26.1. The van der Waals surface area contributed by atoms with Crippen LogP contribution in [-0.4, -0.2) is 55.2 Å². The van der Waals surface area contributed by atoms with E-state index in [9.17, 15) is 9.59 Å². The molecule has 0 heterocycles. The summed E-state index contributed by atoms with van der Waals surface area (Å²) in [6.45, 7) is 9.37. The van der Waals surface area contributed by atoms with Crippen molar-refractivity contribution >= 4 is 12.2 Å². The number of nitrogens with two attached hydrogens (primary N) is 1. The van der Waals surface area contributed by atoms with E-state index in [0.717, 1.165) is 38.5 Å². The van der Waals surface area contributed by atoms with Crippen molar-refractivity contribution in [2.45, 2.75) is 104 Å². The minimum absolute atomic E-state index is 0.0614. The monoisotopic (exact) mass is 428 g/mol. The summed E-state index contributed by atoms with van der Waals surface area (Å²) in [6, 6.07) is -0.0614. The van der Waals surface area contributed by atoms with Crippen LogP contribution in [-0.2, 0) is 9.47 Å². The third kappa shape index (κ3) is 10.5. The van der Waals surface area contributed by atoms with Crippen molar-refractivity contribution < 1.29 is 19.1 Å². The highest BCUT2D eigenvalue weighted by molar-refractivity contribution is 5.67. The van der Waals surface area contributed by atoms with Gasteiger partial charge in [0, 0.05) is 25.7 Å². The van der Waals surface area contributed by atoms with Crippen molar-refractivity contribution in [3.63, 3.8) is 0 Å². The molecule has 8 heteroatoms. The topological polar surface area (TPSA) is 106 Å². The van der Waals surface area contributed by atoms with Gasteiger partial charge in [-0.15, -0.1) is 0 Å². The molecule has 0 bridgehead atoms. The second kappa shape index (κ2) is 15.3. The maximum Gasteiger partial charge on any atom is 0.408 e. The number of nitrogens with one attached hydrogen (secondary N) is 2. The Kier molecular flexibility index (Phi) is 13.5. The van der Waals surface area contributed by atoms with Crippen molar-refractivity contribution in [1.82, 2.24) is 15.5 Å². The molecule has 0 aliphatic heterocycles. The lowest BCUT2D eigenvalue weighted by atomic mass is 9.84. The fourth-order valence-electron chi connectivity index (χ4n) is 3.81. The fourth-order valence-corrected chi connectivity index (χ4v) is 3.81. The summed E-state index contributed by atoms with van der Waals surface area (Å²) >= 11 is 0. The molecule has 1 fully saturated rings. The molecule has 8 nitrogen and oxygen atoms in total. The van der Waals surface area contributed by atoms with E-state index in [4.69, 9.17) is 15.2 Å². The highest BCUT2D eigenvalue weighted by Crippen LogP contribution is 2.26. The zero-order chi connectivity index (χ0) is 22.4. The van der Waals surface area contributed by atoms with Crippen LogP contribution in [0, 0.1) is 5.92 Å². The van der Waals surface area contributed by atoms with E-state index in [1.807, 2.05) is 4.90 Å². The highest BCUT2D eigenvalue weighted by Gasteiger charge is 2.30. The molecule has 1 rings (SSSR count). The molecular formula is C22H44N4O4. The molecule has 4 N–H and O–H groups in total. The van der Waals surface area contributed by atoms with E-state index >= 15 is 0 Å². The molecule has 2 amide bonds. The zero-order valence-electron chi connectivity index (χ0n) is 19.5. The van der Waals surface area contributed by atoms with Crippen molar-refractivity contribution in [1.29, 1.82) is 0 Å². The molecule has 0 aromatic heterocycles. The molecule has 30 heavy (non-hydrogen) atoms. The number of ether oxygens (including phenoxy) is 2. The van der Waals surface area contributed by atoms with Crippen molar-refractivity contribution in [3.05, 3.63) is 0 Å². The van der Waals surface area contributed by atoms with Crippen LogP contribution >= 0.6 is 0 Å². The van der Waals surface area contributed by atoms with Gasteiger partial charge < -0.3 is 25.8 Å². The molecule has 1 saturated carbocycles. The Morgan fingerprint density at radius 3 is 1.83 bits per heavy atom. The van der Waals surface area contributed by atoms with E-state index in [-0.39, 0.29) is 6.04 Å². The Balaban J connectivity index is 2.70. The average Bonchev–Trinajstić information content (AvgIpc) is 2.72. The van der Waals surface area contributed by atoms with Gasteiger partial charge in [-0.1, -0.05) is 46.0 Å². The van der Waals surface area contributed by atoms with Crippen molar-refractivity contribution in [3.8, 4) is 0 Å². The molecule has 1 aliphatic rings. The molecule has 0 radical (unpaired) electrons. The first-order valence-corrected chi connectivity index (χ1v) is 11.8. The van der Waals surface area contributed by atoms with Crippen LogP contribution in [0.25, 0.3) is 0 Å². The van der Waals surface area contributed by atoms with Crippen LogP contribution in [0.5, 0.6) is 0 Å². The van der Waals surface area contributed by atoms with Crippen LogP contribution in [0.3, 0.4) is 0 Å². The Hall–Kier alpha value is -1.54. The molecule has 176 valence electrons. The Bertz CT molecular complexity index is 456. The molecule has 0 saturated heterocycles. The number of hydrogen-bond donors (Lipinski definition) is 3. The summed E-state index contributed by atoms with van der Waals surface area (Å²) in [5.74, 6) is 0.442. The van der Waals surface area contributed by atoms with Crippen LogP contribution in [0.2, 0.25) is 0 Å². The second-order valence-corrected chi connectivity index (χ2v) is 8.33. The largest absolute Gasteiger partial charge is 0.430 e. The number of unbranched alkanes of at least 4 members (excludes halogenated alkanes) is 2. The number of carbonyl (C=O) groups is 2. The number of amides is 2. The van der Waals surface area contributed by atoms with Crippen molar-refractivity contribution in [2.24, 2.45) is 11.7 Å². The maximum atomic E-state index is 12.1. The highest BCUT2D eigenvalue weighted by atomic mass is 16.6. The zero-order valence-corrected chi connectivity index (χ0v) is 19.5.